The summed E-state index contributed by atoms with van der Waals surface area (Å²) < 4.78 is 5.25. The number of rotatable bonds is 8. The van der Waals surface area contributed by atoms with E-state index in [0.717, 1.165) is 23.3 Å². The van der Waals surface area contributed by atoms with Crippen LogP contribution in [0.25, 0.3) is 0 Å². The topological polar surface area (TPSA) is 63.2 Å². The van der Waals surface area contributed by atoms with Gasteiger partial charge in [-0.25, -0.2) is 4.98 Å². The number of carbonyl (C=O) groups excluding carboxylic acids is 1. The zero-order chi connectivity index (χ0) is 19.8. The van der Waals surface area contributed by atoms with Crippen molar-refractivity contribution in [3.05, 3.63) is 89.1 Å². The van der Waals surface area contributed by atoms with Crippen LogP contribution in [-0.2, 0) is 13.0 Å². The molecule has 5 nitrogen and oxygen atoms in total. The van der Waals surface area contributed by atoms with E-state index in [9.17, 15) is 4.79 Å². The van der Waals surface area contributed by atoms with Crippen LogP contribution in [0.4, 0.5) is 5.82 Å². The van der Waals surface area contributed by atoms with Gasteiger partial charge in [-0.15, -0.1) is 0 Å². The second-order valence-electron chi connectivity index (χ2n) is 6.57. The number of carbonyl (C=O) groups is 1. The molecule has 0 radical (unpaired) electrons. The van der Waals surface area contributed by atoms with Crippen molar-refractivity contribution in [2.75, 3.05) is 19.0 Å². The minimum Gasteiger partial charge on any atom is -0.497 e. The fourth-order valence-electron chi connectivity index (χ4n) is 2.92. The first-order valence-electron chi connectivity index (χ1n) is 9.31. The Morgan fingerprint density at radius 3 is 2.75 bits per heavy atom. The second-order valence-corrected chi connectivity index (χ2v) is 6.57. The van der Waals surface area contributed by atoms with E-state index in [0.29, 0.717) is 24.5 Å². The fraction of sp³-hybridized carbons (Fsp3) is 0.217. The molecule has 28 heavy (non-hydrogen) atoms. The molecule has 1 amide bonds. The number of nitrogens with one attached hydrogen (secondary N) is 2. The quantitative estimate of drug-likeness (QED) is 0.625. The lowest BCUT2D eigenvalue weighted by Gasteiger charge is -2.10. The number of hydrogen-bond acceptors (Lipinski definition) is 4. The van der Waals surface area contributed by atoms with Crippen LogP contribution in [0, 0.1) is 6.92 Å². The Bertz CT molecular complexity index is 940. The first kappa shape index (κ1) is 19.4. The van der Waals surface area contributed by atoms with E-state index in [1.54, 1.807) is 25.4 Å². The number of aryl methyl sites for hydroxylation is 1. The van der Waals surface area contributed by atoms with E-state index >= 15 is 0 Å². The maximum absolute atomic E-state index is 12.5. The molecule has 1 heterocycles. The SMILES string of the molecule is COc1cccc(CCNc2cc(C(=O)NCc3ccccc3C)ccn2)c1. The summed E-state index contributed by atoms with van der Waals surface area (Å²) in [7, 11) is 1.66. The Balaban J connectivity index is 1.54. The van der Waals surface area contributed by atoms with Crippen LogP contribution in [0.5, 0.6) is 5.75 Å². The van der Waals surface area contributed by atoms with Gasteiger partial charge in [0.1, 0.15) is 11.6 Å². The monoisotopic (exact) mass is 375 g/mol. The van der Waals surface area contributed by atoms with Crippen LogP contribution in [-0.4, -0.2) is 24.5 Å². The van der Waals surface area contributed by atoms with Crippen LogP contribution >= 0.6 is 0 Å². The molecule has 0 atom stereocenters. The lowest BCUT2D eigenvalue weighted by atomic mass is 10.1. The number of pyridine rings is 1. The maximum Gasteiger partial charge on any atom is 0.251 e. The lowest BCUT2D eigenvalue weighted by Crippen LogP contribution is -2.23. The fourth-order valence-corrected chi connectivity index (χ4v) is 2.92. The van der Waals surface area contributed by atoms with Gasteiger partial charge in [-0.2, -0.15) is 0 Å². The highest BCUT2D eigenvalue weighted by atomic mass is 16.5. The van der Waals surface area contributed by atoms with Gasteiger partial charge in [0.25, 0.3) is 5.91 Å². The van der Waals surface area contributed by atoms with Crippen molar-refractivity contribution in [2.24, 2.45) is 0 Å². The second kappa shape index (κ2) is 9.55. The van der Waals surface area contributed by atoms with Gasteiger partial charge in [-0.05, 0) is 54.3 Å². The first-order valence-corrected chi connectivity index (χ1v) is 9.31. The summed E-state index contributed by atoms with van der Waals surface area (Å²) in [6.45, 7) is 3.26. The van der Waals surface area contributed by atoms with Gasteiger partial charge in [0.15, 0.2) is 0 Å². The third-order valence-corrected chi connectivity index (χ3v) is 4.58. The summed E-state index contributed by atoms with van der Waals surface area (Å²) in [4.78, 5) is 16.8. The number of ether oxygens (including phenoxy) is 1. The highest BCUT2D eigenvalue weighted by Gasteiger charge is 2.07. The lowest BCUT2D eigenvalue weighted by molar-refractivity contribution is 0.0951. The third-order valence-electron chi connectivity index (χ3n) is 4.58. The van der Waals surface area contributed by atoms with Crippen molar-refractivity contribution in [3.8, 4) is 5.75 Å². The minimum atomic E-state index is -0.110. The highest BCUT2D eigenvalue weighted by molar-refractivity contribution is 5.94. The molecule has 0 bridgehead atoms. The van der Waals surface area contributed by atoms with E-state index in [2.05, 4.69) is 21.7 Å². The average Bonchev–Trinajstić information content (AvgIpc) is 2.73. The normalized spacial score (nSPS) is 10.4. The third kappa shape index (κ3) is 5.33. The largest absolute Gasteiger partial charge is 0.497 e. The van der Waals surface area contributed by atoms with Gasteiger partial charge in [0, 0.05) is 24.8 Å². The van der Waals surface area contributed by atoms with Crippen LogP contribution in [0.15, 0.2) is 66.9 Å². The Labute approximate surface area is 165 Å². The number of anilines is 1. The van der Waals surface area contributed by atoms with Crippen LogP contribution in [0.1, 0.15) is 27.0 Å². The molecule has 1 aromatic heterocycles. The molecule has 3 rings (SSSR count). The van der Waals surface area contributed by atoms with Crippen molar-refractivity contribution < 1.29 is 9.53 Å². The molecule has 0 fully saturated rings. The molecular weight excluding hydrogens is 350 g/mol. The van der Waals surface area contributed by atoms with Crippen molar-refractivity contribution in [1.29, 1.82) is 0 Å². The molecule has 5 heteroatoms. The van der Waals surface area contributed by atoms with Gasteiger partial charge in [-0.1, -0.05) is 36.4 Å². The molecule has 144 valence electrons. The van der Waals surface area contributed by atoms with E-state index in [1.807, 2.05) is 49.4 Å². The Morgan fingerprint density at radius 2 is 1.93 bits per heavy atom. The Morgan fingerprint density at radius 1 is 1.07 bits per heavy atom. The summed E-state index contributed by atoms with van der Waals surface area (Å²) in [5.74, 6) is 1.43. The molecule has 0 aliphatic rings. The first-order chi connectivity index (χ1) is 13.7. The molecule has 0 aliphatic carbocycles. The van der Waals surface area contributed by atoms with Gasteiger partial charge in [0.2, 0.25) is 0 Å². The summed E-state index contributed by atoms with van der Waals surface area (Å²) >= 11 is 0. The minimum absolute atomic E-state index is 0.110. The van der Waals surface area contributed by atoms with E-state index < -0.39 is 0 Å². The van der Waals surface area contributed by atoms with Crippen LogP contribution in [0.2, 0.25) is 0 Å². The number of methoxy groups -OCH3 is 1. The summed E-state index contributed by atoms with van der Waals surface area (Å²) in [5.41, 5.74) is 4.05. The summed E-state index contributed by atoms with van der Waals surface area (Å²) in [5, 5.41) is 6.25. The smallest absolute Gasteiger partial charge is 0.251 e. The van der Waals surface area contributed by atoms with Gasteiger partial charge in [-0.3, -0.25) is 4.79 Å². The average molecular weight is 375 g/mol. The molecule has 0 saturated carbocycles. The molecule has 0 aliphatic heterocycles. The van der Waals surface area contributed by atoms with E-state index in [4.69, 9.17) is 4.74 Å². The Kier molecular flexibility index (Phi) is 6.63. The van der Waals surface area contributed by atoms with Crippen LogP contribution < -0.4 is 15.4 Å². The molecule has 0 spiro atoms. The predicted octanol–water partition coefficient (Wildman–Crippen LogP) is 3.98. The molecule has 0 unspecified atom stereocenters. The molecule has 0 saturated heterocycles. The summed E-state index contributed by atoms with van der Waals surface area (Å²) in [6, 6.07) is 19.5. The number of hydrogen-bond donors (Lipinski definition) is 2. The Hall–Kier alpha value is -3.34. The van der Waals surface area contributed by atoms with Gasteiger partial charge < -0.3 is 15.4 Å². The number of amides is 1. The molecule has 2 aromatic carbocycles. The predicted molar refractivity (Wildman–Crippen MR) is 112 cm³/mol. The van der Waals surface area contributed by atoms with E-state index in [-0.39, 0.29) is 5.91 Å². The number of benzene rings is 2. The molecular formula is C23H25N3O2. The molecule has 3 aromatic rings. The van der Waals surface area contributed by atoms with Crippen LogP contribution in [0.3, 0.4) is 0 Å². The van der Waals surface area contributed by atoms with Crippen molar-refractivity contribution in [2.45, 2.75) is 19.9 Å². The highest BCUT2D eigenvalue weighted by Crippen LogP contribution is 2.14. The van der Waals surface area contributed by atoms with Gasteiger partial charge in [0.05, 0.1) is 7.11 Å². The van der Waals surface area contributed by atoms with E-state index in [1.165, 1.54) is 5.56 Å². The maximum atomic E-state index is 12.5. The zero-order valence-corrected chi connectivity index (χ0v) is 16.2. The summed E-state index contributed by atoms with van der Waals surface area (Å²) in [6.07, 6.45) is 2.49. The zero-order valence-electron chi connectivity index (χ0n) is 16.2. The number of aromatic nitrogens is 1. The standard InChI is InChI=1S/C23H25N3O2/c1-17-6-3-4-8-20(17)16-26-23(27)19-11-13-25-22(15-19)24-12-10-18-7-5-9-21(14-18)28-2/h3-9,11,13-15H,10,12,16H2,1-2H3,(H,24,25)(H,26,27). The van der Waals surface area contributed by atoms with Crippen molar-refractivity contribution in [3.63, 3.8) is 0 Å². The van der Waals surface area contributed by atoms with Gasteiger partial charge >= 0.3 is 0 Å². The number of nitrogens with zero attached hydrogens (tertiary/aromatic N) is 1. The molecule has 2 N–H and O–H groups in total. The van der Waals surface area contributed by atoms with Crippen molar-refractivity contribution >= 4 is 11.7 Å². The van der Waals surface area contributed by atoms with Crippen molar-refractivity contribution in [1.82, 2.24) is 10.3 Å².